The molecular formula is C41H66O6. The van der Waals surface area contributed by atoms with Crippen LogP contribution in [0.5, 0.6) is 11.5 Å². The van der Waals surface area contributed by atoms with Crippen molar-refractivity contribution in [3.05, 3.63) is 57.6 Å². The van der Waals surface area contributed by atoms with Gasteiger partial charge in [0.25, 0.3) is 0 Å². The third-order valence-corrected chi connectivity index (χ3v) is 8.73. The van der Waals surface area contributed by atoms with Gasteiger partial charge in [0.2, 0.25) is 0 Å². The Hall–Kier alpha value is -3.02. The van der Waals surface area contributed by atoms with Crippen LogP contribution in [0.25, 0.3) is 0 Å². The van der Waals surface area contributed by atoms with Gasteiger partial charge in [-0.2, -0.15) is 0 Å². The summed E-state index contributed by atoms with van der Waals surface area (Å²) in [4.78, 5) is 25.9. The summed E-state index contributed by atoms with van der Waals surface area (Å²) in [5.74, 6) is -0.838. The smallest absolute Gasteiger partial charge is 0.313 e. The second-order valence-corrected chi connectivity index (χ2v) is 17.1. The van der Waals surface area contributed by atoms with Crippen molar-refractivity contribution in [1.82, 2.24) is 0 Å². The predicted octanol–water partition coefficient (Wildman–Crippen LogP) is 10.5. The molecule has 0 aromatic heterocycles. The fourth-order valence-electron chi connectivity index (χ4n) is 5.53. The largest absolute Gasteiger partial charge is 0.507 e. The lowest BCUT2D eigenvalue weighted by molar-refractivity contribution is -0.146. The molecule has 0 aliphatic rings. The number of ether oxygens (including phenoxy) is 2. The molecule has 0 aliphatic heterocycles. The molecule has 6 heteroatoms. The summed E-state index contributed by atoms with van der Waals surface area (Å²) >= 11 is 0. The zero-order chi connectivity index (χ0) is 35.4. The van der Waals surface area contributed by atoms with Crippen molar-refractivity contribution >= 4 is 11.9 Å². The fourth-order valence-corrected chi connectivity index (χ4v) is 5.53. The lowest BCUT2D eigenvalue weighted by Gasteiger charge is -2.29. The Balaban J connectivity index is 0.0000110. The fraction of sp³-hybridized carbons (Fsp3) is 0.659. The molecular weight excluding hydrogens is 588 g/mol. The van der Waals surface area contributed by atoms with E-state index in [9.17, 15) is 19.8 Å². The topological polar surface area (TPSA) is 93.1 Å². The number of phenols is 2. The van der Waals surface area contributed by atoms with Crippen LogP contribution in [0.15, 0.2) is 24.3 Å². The quantitative estimate of drug-likeness (QED) is 0.185. The molecule has 0 amide bonds. The molecule has 2 aromatic carbocycles. The molecule has 266 valence electrons. The van der Waals surface area contributed by atoms with Gasteiger partial charge in [-0.25, -0.2) is 0 Å². The number of rotatable bonds is 11. The summed E-state index contributed by atoms with van der Waals surface area (Å²) in [6, 6.07) is 7.75. The number of carbonyl (C=O) groups is 2. The Morgan fingerprint density at radius 2 is 0.766 bits per heavy atom. The van der Waals surface area contributed by atoms with E-state index < -0.39 is 11.8 Å². The number of unbranched alkanes of at least 4 members (excludes halogenated alkanes) is 3. The summed E-state index contributed by atoms with van der Waals surface area (Å²) in [6.45, 7) is 29.1. The number of hydrogen-bond donors (Lipinski definition) is 2. The van der Waals surface area contributed by atoms with Gasteiger partial charge in [-0.1, -0.05) is 115 Å². The lowest BCUT2D eigenvalue weighted by Crippen LogP contribution is -2.20. The Morgan fingerprint density at radius 3 is 0.979 bits per heavy atom. The second-order valence-electron chi connectivity index (χ2n) is 17.1. The van der Waals surface area contributed by atoms with Gasteiger partial charge in [-0.3, -0.25) is 9.59 Å². The van der Waals surface area contributed by atoms with Crippen molar-refractivity contribution in [3.8, 4) is 11.5 Å². The second kappa shape index (κ2) is 15.9. The highest BCUT2D eigenvalue weighted by Crippen LogP contribution is 2.42. The Kier molecular flexibility index (Phi) is 14.2. The molecule has 0 heterocycles. The summed E-state index contributed by atoms with van der Waals surface area (Å²) < 4.78 is 11.3. The first-order chi connectivity index (χ1) is 20.9. The van der Waals surface area contributed by atoms with E-state index in [4.69, 9.17) is 9.47 Å². The average molecular weight is 655 g/mol. The van der Waals surface area contributed by atoms with E-state index in [0.717, 1.165) is 59.1 Å². The van der Waals surface area contributed by atoms with Gasteiger partial charge in [0.15, 0.2) is 0 Å². The molecule has 0 bridgehead atoms. The van der Waals surface area contributed by atoms with Crippen LogP contribution >= 0.6 is 0 Å². The van der Waals surface area contributed by atoms with E-state index in [-0.39, 0.29) is 41.0 Å². The first-order valence-electron chi connectivity index (χ1n) is 17.0. The number of carbonyl (C=O) groups excluding carboxylic acids is 2. The third-order valence-electron chi connectivity index (χ3n) is 8.73. The van der Waals surface area contributed by atoms with Crippen LogP contribution in [0.1, 0.15) is 175 Å². The van der Waals surface area contributed by atoms with Gasteiger partial charge in [-0.05, 0) is 94.6 Å². The maximum absolute atomic E-state index is 13.0. The molecule has 47 heavy (non-hydrogen) atoms. The van der Waals surface area contributed by atoms with Gasteiger partial charge in [-0.15, -0.1) is 0 Å². The van der Waals surface area contributed by atoms with E-state index in [1.807, 2.05) is 38.1 Å². The SMILES string of the molecule is C.CC(C(=O)OCCCCCCOC(=O)C(C)c1cc(C(C)(C)C)c(O)c(C(C)(C)C)c1)c1cc(C(C)(C)C)c(O)c(C(C)(C)C)c1. The number of benzene rings is 2. The van der Waals surface area contributed by atoms with Crippen LogP contribution < -0.4 is 0 Å². The number of phenolic OH excluding ortho intramolecular Hbond substituents is 2. The molecule has 2 unspecified atom stereocenters. The molecule has 0 fully saturated rings. The van der Waals surface area contributed by atoms with Gasteiger partial charge in [0.1, 0.15) is 11.5 Å². The molecule has 0 saturated heterocycles. The van der Waals surface area contributed by atoms with Crippen LogP contribution in [-0.2, 0) is 40.7 Å². The minimum absolute atomic E-state index is 0. The summed E-state index contributed by atoms with van der Waals surface area (Å²) in [5.41, 5.74) is 3.94. The van der Waals surface area contributed by atoms with E-state index in [2.05, 4.69) is 83.1 Å². The van der Waals surface area contributed by atoms with E-state index in [1.165, 1.54) is 0 Å². The summed E-state index contributed by atoms with van der Waals surface area (Å²) in [5, 5.41) is 22.0. The summed E-state index contributed by atoms with van der Waals surface area (Å²) in [6.07, 6.45) is 3.19. The highest BCUT2D eigenvalue weighted by Gasteiger charge is 2.30. The van der Waals surface area contributed by atoms with Gasteiger partial charge in [0, 0.05) is 0 Å². The lowest BCUT2D eigenvalue weighted by atomic mass is 9.77. The zero-order valence-corrected chi connectivity index (χ0v) is 31.2. The standard InChI is InChI=1S/C40H62O6.CH4/c1-25(27-21-29(37(3,4)5)33(41)30(22-27)38(6,7)8)35(43)45-19-17-15-16-18-20-46-36(44)26(2)28-23-31(39(9,10)11)34(42)32(24-28)40(12,13)14;/h21-26,41-42H,15-20H2,1-14H3;1H4. The van der Waals surface area contributed by atoms with E-state index in [1.54, 1.807) is 0 Å². The maximum atomic E-state index is 13.0. The predicted molar refractivity (Wildman–Crippen MR) is 195 cm³/mol. The first-order valence-corrected chi connectivity index (χ1v) is 17.0. The zero-order valence-electron chi connectivity index (χ0n) is 31.2. The molecule has 2 rings (SSSR count). The average Bonchev–Trinajstić information content (AvgIpc) is 2.91. The molecule has 2 aromatic rings. The van der Waals surface area contributed by atoms with Gasteiger partial charge < -0.3 is 19.7 Å². The Bertz CT molecular complexity index is 1180. The van der Waals surface area contributed by atoms with E-state index >= 15 is 0 Å². The minimum atomic E-state index is -0.447. The van der Waals surface area contributed by atoms with Crippen molar-refractivity contribution < 1.29 is 29.3 Å². The highest BCUT2D eigenvalue weighted by atomic mass is 16.5. The van der Waals surface area contributed by atoms with Crippen LogP contribution in [0.4, 0.5) is 0 Å². The Morgan fingerprint density at radius 1 is 0.532 bits per heavy atom. The van der Waals surface area contributed by atoms with Crippen molar-refractivity contribution in [2.75, 3.05) is 13.2 Å². The van der Waals surface area contributed by atoms with Crippen LogP contribution in [-0.4, -0.2) is 35.4 Å². The normalized spacial score (nSPS) is 13.8. The highest BCUT2D eigenvalue weighted by molar-refractivity contribution is 5.79. The van der Waals surface area contributed by atoms with Crippen LogP contribution in [0.3, 0.4) is 0 Å². The maximum Gasteiger partial charge on any atom is 0.313 e. The van der Waals surface area contributed by atoms with Crippen molar-refractivity contribution in [2.45, 2.75) is 164 Å². The van der Waals surface area contributed by atoms with Crippen molar-refractivity contribution in [2.24, 2.45) is 0 Å². The van der Waals surface area contributed by atoms with E-state index in [0.29, 0.717) is 24.7 Å². The summed E-state index contributed by atoms with van der Waals surface area (Å²) in [7, 11) is 0. The molecule has 0 saturated carbocycles. The van der Waals surface area contributed by atoms with Crippen molar-refractivity contribution in [3.63, 3.8) is 0 Å². The first kappa shape index (κ1) is 42.0. The van der Waals surface area contributed by atoms with Crippen LogP contribution in [0, 0.1) is 0 Å². The van der Waals surface area contributed by atoms with Crippen LogP contribution in [0.2, 0.25) is 0 Å². The molecule has 6 nitrogen and oxygen atoms in total. The molecule has 2 atom stereocenters. The third kappa shape index (κ3) is 11.3. The number of aromatic hydroxyl groups is 2. The monoisotopic (exact) mass is 654 g/mol. The Labute approximate surface area is 286 Å². The van der Waals surface area contributed by atoms with Crippen molar-refractivity contribution in [1.29, 1.82) is 0 Å². The number of esters is 2. The molecule has 0 radical (unpaired) electrons. The molecule has 0 aliphatic carbocycles. The van der Waals surface area contributed by atoms with Gasteiger partial charge >= 0.3 is 11.9 Å². The molecule has 2 N–H and O–H groups in total. The van der Waals surface area contributed by atoms with Gasteiger partial charge in [0.05, 0.1) is 25.0 Å². The number of hydrogen-bond acceptors (Lipinski definition) is 6. The molecule has 0 spiro atoms. The minimum Gasteiger partial charge on any atom is -0.507 e.